The van der Waals surface area contributed by atoms with Crippen molar-refractivity contribution < 1.29 is 0 Å². The quantitative estimate of drug-likeness (QED) is 0.641. The summed E-state index contributed by atoms with van der Waals surface area (Å²) in [5, 5.41) is 3.11. The van der Waals surface area contributed by atoms with E-state index in [-0.39, 0.29) is 0 Å². The van der Waals surface area contributed by atoms with Gasteiger partial charge in [-0.25, -0.2) is 0 Å². The number of hydrogen-bond donors (Lipinski definition) is 1. The first-order valence-corrected chi connectivity index (χ1v) is 5.36. The number of nitrogens with zero attached hydrogens (tertiary/aromatic N) is 1. The van der Waals surface area contributed by atoms with Crippen molar-refractivity contribution in [2.75, 3.05) is 32.7 Å². The summed E-state index contributed by atoms with van der Waals surface area (Å²) in [5.74, 6) is 0. The predicted octanol–water partition coefficient (Wildman–Crippen LogP) is 1.47. The second-order valence-corrected chi connectivity index (χ2v) is 3.60. The molecule has 2 saturated heterocycles. The predicted molar refractivity (Wildman–Crippen MR) is 53.5 cm³/mol. The van der Waals surface area contributed by atoms with Crippen molar-refractivity contribution >= 4 is 0 Å². The van der Waals surface area contributed by atoms with Crippen LogP contribution in [0.3, 0.4) is 0 Å². The van der Waals surface area contributed by atoms with E-state index in [9.17, 15) is 0 Å². The molecule has 0 aromatic carbocycles. The fourth-order valence-corrected chi connectivity index (χ4v) is 1.45. The summed E-state index contributed by atoms with van der Waals surface area (Å²) in [6, 6.07) is 0. The van der Waals surface area contributed by atoms with Gasteiger partial charge >= 0.3 is 0 Å². The Morgan fingerprint density at radius 3 is 1.75 bits per heavy atom. The third kappa shape index (κ3) is 4.07. The molecule has 72 valence electrons. The van der Waals surface area contributed by atoms with Crippen LogP contribution >= 0.6 is 0 Å². The molecule has 0 aromatic heterocycles. The van der Waals surface area contributed by atoms with Crippen LogP contribution in [0.25, 0.3) is 0 Å². The summed E-state index contributed by atoms with van der Waals surface area (Å²) in [5.41, 5.74) is 0. The Hall–Kier alpha value is -0.0800. The van der Waals surface area contributed by atoms with Crippen molar-refractivity contribution in [3.63, 3.8) is 0 Å². The van der Waals surface area contributed by atoms with Gasteiger partial charge in [-0.05, 0) is 52.0 Å². The highest BCUT2D eigenvalue weighted by Crippen LogP contribution is 2.06. The van der Waals surface area contributed by atoms with Crippen LogP contribution in [0.5, 0.6) is 0 Å². The minimum atomic E-state index is 1.25. The monoisotopic (exact) mass is 170 g/mol. The SMILES string of the molecule is C1CNC1.CCN1CCCCC1. The molecule has 2 rings (SSSR count). The number of hydrogen-bond acceptors (Lipinski definition) is 2. The van der Waals surface area contributed by atoms with Gasteiger partial charge in [-0.1, -0.05) is 13.3 Å². The highest BCUT2D eigenvalue weighted by atomic mass is 15.1. The van der Waals surface area contributed by atoms with Crippen LogP contribution in [0.4, 0.5) is 0 Å². The maximum Gasteiger partial charge on any atom is -0.00188 e. The molecule has 0 aliphatic carbocycles. The number of nitrogens with one attached hydrogen (secondary N) is 1. The molecule has 2 nitrogen and oxygen atoms in total. The van der Waals surface area contributed by atoms with Crippen molar-refractivity contribution in [2.24, 2.45) is 0 Å². The van der Waals surface area contributed by atoms with E-state index in [1.165, 1.54) is 58.4 Å². The smallest absolute Gasteiger partial charge is 0.00188 e. The lowest BCUT2D eigenvalue weighted by Gasteiger charge is -2.24. The Balaban J connectivity index is 0.000000150. The first-order chi connectivity index (χ1) is 5.93. The molecule has 0 saturated carbocycles. The van der Waals surface area contributed by atoms with Gasteiger partial charge in [-0.15, -0.1) is 0 Å². The van der Waals surface area contributed by atoms with E-state index in [1.807, 2.05) is 0 Å². The molecule has 12 heavy (non-hydrogen) atoms. The van der Waals surface area contributed by atoms with E-state index in [0.29, 0.717) is 0 Å². The van der Waals surface area contributed by atoms with Crippen LogP contribution in [-0.4, -0.2) is 37.6 Å². The van der Waals surface area contributed by atoms with Crippen molar-refractivity contribution in [1.29, 1.82) is 0 Å². The van der Waals surface area contributed by atoms with E-state index in [2.05, 4.69) is 17.1 Å². The zero-order chi connectivity index (χ0) is 8.65. The van der Waals surface area contributed by atoms with Gasteiger partial charge in [0, 0.05) is 0 Å². The van der Waals surface area contributed by atoms with Crippen LogP contribution in [0.15, 0.2) is 0 Å². The molecule has 2 heterocycles. The minimum absolute atomic E-state index is 1.25. The van der Waals surface area contributed by atoms with Crippen molar-refractivity contribution in [3.05, 3.63) is 0 Å². The van der Waals surface area contributed by atoms with Crippen LogP contribution in [0, 0.1) is 0 Å². The van der Waals surface area contributed by atoms with E-state index in [0.717, 1.165) is 0 Å². The largest absolute Gasteiger partial charge is 0.317 e. The molecule has 0 amide bonds. The average Bonchev–Trinajstić information content (AvgIpc) is 2.03. The standard InChI is InChI=1S/C7H15N.C3H7N/c1-2-8-6-4-3-5-7-8;1-2-4-3-1/h2-7H2,1H3;4H,1-3H2. The second-order valence-electron chi connectivity index (χ2n) is 3.60. The molecule has 0 bridgehead atoms. The summed E-state index contributed by atoms with van der Waals surface area (Å²) in [6.45, 7) is 8.68. The molecule has 2 heteroatoms. The molecular weight excluding hydrogens is 148 g/mol. The lowest BCUT2D eigenvalue weighted by Crippen LogP contribution is -2.29. The molecule has 0 atom stereocenters. The fourth-order valence-electron chi connectivity index (χ4n) is 1.45. The summed E-state index contributed by atoms with van der Waals surface area (Å²) in [4.78, 5) is 2.52. The van der Waals surface area contributed by atoms with Crippen molar-refractivity contribution in [1.82, 2.24) is 10.2 Å². The van der Waals surface area contributed by atoms with Crippen LogP contribution in [0.2, 0.25) is 0 Å². The van der Waals surface area contributed by atoms with E-state index in [1.54, 1.807) is 0 Å². The van der Waals surface area contributed by atoms with Crippen LogP contribution in [0.1, 0.15) is 32.6 Å². The zero-order valence-corrected chi connectivity index (χ0v) is 8.31. The van der Waals surface area contributed by atoms with Crippen LogP contribution in [-0.2, 0) is 0 Å². The van der Waals surface area contributed by atoms with Gasteiger partial charge in [0.1, 0.15) is 0 Å². The normalized spacial score (nSPS) is 23.8. The Morgan fingerprint density at radius 1 is 1.00 bits per heavy atom. The number of piperidine rings is 1. The lowest BCUT2D eigenvalue weighted by molar-refractivity contribution is 0.240. The molecule has 1 N–H and O–H groups in total. The fraction of sp³-hybridized carbons (Fsp3) is 1.00. The second kappa shape index (κ2) is 6.44. The van der Waals surface area contributed by atoms with Gasteiger partial charge in [-0.3, -0.25) is 0 Å². The van der Waals surface area contributed by atoms with E-state index < -0.39 is 0 Å². The third-order valence-electron chi connectivity index (χ3n) is 2.60. The molecule has 0 radical (unpaired) electrons. The van der Waals surface area contributed by atoms with Crippen molar-refractivity contribution in [3.8, 4) is 0 Å². The summed E-state index contributed by atoms with van der Waals surface area (Å²) in [7, 11) is 0. The van der Waals surface area contributed by atoms with Gasteiger partial charge in [0.05, 0.1) is 0 Å². The first kappa shape index (κ1) is 10.0. The number of likely N-dealkylation sites (tertiary alicyclic amines) is 1. The molecule has 2 fully saturated rings. The maximum absolute atomic E-state index is 3.11. The third-order valence-corrected chi connectivity index (χ3v) is 2.60. The lowest BCUT2D eigenvalue weighted by atomic mass is 10.1. The van der Waals surface area contributed by atoms with E-state index >= 15 is 0 Å². The Kier molecular flexibility index (Phi) is 5.37. The first-order valence-electron chi connectivity index (χ1n) is 5.36. The van der Waals surface area contributed by atoms with E-state index in [4.69, 9.17) is 0 Å². The Labute approximate surface area is 76.3 Å². The number of rotatable bonds is 1. The van der Waals surface area contributed by atoms with Crippen molar-refractivity contribution in [2.45, 2.75) is 32.6 Å². The topological polar surface area (TPSA) is 15.3 Å². The zero-order valence-electron chi connectivity index (χ0n) is 8.31. The van der Waals surface area contributed by atoms with Gasteiger partial charge in [0.25, 0.3) is 0 Å². The van der Waals surface area contributed by atoms with Gasteiger partial charge in [-0.2, -0.15) is 0 Å². The maximum atomic E-state index is 3.11. The average molecular weight is 170 g/mol. The Bertz CT molecular complexity index is 90.0. The molecular formula is C10H22N2. The highest BCUT2D eigenvalue weighted by Gasteiger charge is 2.05. The van der Waals surface area contributed by atoms with Gasteiger partial charge < -0.3 is 10.2 Å². The summed E-state index contributed by atoms with van der Waals surface area (Å²) in [6.07, 6.45) is 5.69. The minimum Gasteiger partial charge on any atom is -0.317 e. The van der Waals surface area contributed by atoms with Gasteiger partial charge in [0.15, 0.2) is 0 Å². The Morgan fingerprint density at radius 2 is 1.50 bits per heavy atom. The highest BCUT2D eigenvalue weighted by molar-refractivity contribution is 4.61. The molecule has 0 aromatic rings. The summed E-state index contributed by atoms with van der Waals surface area (Å²) < 4.78 is 0. The molecule has 2 aliphatic rings. The summed E-state index contributed by atoms with van der Waals surface area (Å²) >= 11 is 0. The van der Waals surface area contributed by atoms with Gasteiger partial charge in [0.2, 0.25) is 0 Å². The molecule has 2 aliphatic heterocycles. The molecule has 0 spiro atoms. The van der Waals surface area contributed by atoms with Crippen LogP contribution < -0.4 is 5.32 Å². The molecule has 0 unspecified atom stereocenters.